The molecule has 9 nitrogen and oxygen atoms in total. The molecular weight excluding hydrogens is 709 g/mol. The molecule has 0 saturated heterocycles. The van der Waals surface area contributed by atoms with Crippen molar-refractivity contribution in [2.45, 2.75) is 39.3 Å². The highest BCUT2D eigenvalue weighted by Gasteiger charge is 2.35. The molecule has 9 heteroatoms. The van der Waals surface area contributed by atoms with Crippen LogP contribution in [0.4, 0.5) is 0 Å². The topological polar surface area (TPSA) is 98.2 Å². The molecule has 3 N–H and O–H groups in total. The van der Waals surface area contributed by atoms with Crippen LogP contribution in [0.15, 0.2) is 109 Å². The van der Waals surface area contributed by atoms with Crippen LogP contribution in [-0.4, -0.2) is 41.8 Å². The molecule has 4 aliphatic heterocycles. The summed E-state index contributed by atoms with van der Waals surface area (Å²) in [4.78, 5) is 25.9. The summed E-state index contributed by atoms with van der Waals surface area (Å²) < 4.78 is 9.48. The third kappa shape index (κ3) is 3.82. The van der Waals surface area contributed by atoms with Crippen molar-refractivity contribution in [1.82, 2.24) is 28.9 Å². The summed E-state index contributed by atoms with van der Waals surface area (Å²) in [6.45, 7) is 8.76. The minimum Gasteiger partial charge on any atom is -0.396 e. The first-order valence-corrected chi connectivity index (χ1v) is 19.8. The van der Waals surface area contributed by atoms with E-state index in [0.29, 0.717) is 13.1 Å². The Bertz CT molecular complexity index is 3540. The van der Waals surface area contributed by atoms with Gasteiger partial charge in [-0.15, -0.1) is 0 Å². The van der Waals surface area contributed by atoms with Crippen LogP contribution in [0, 0.1) is 5.92 Å². The fraction of sp³-hybridized carbons (Fsp3) is 0.167. The van der Waals surface area contributed by atoms with Crippen molar-refractivity contribution in [2.75, 3.05) is 6.61 Å². The zero-order valence-corrected chi connectivity index (χ0v) is 31.0. The third-order valence-corrected chi connectivity index (χ3v) is 13.2. The molecular formula is C48H36N6O3. The van der Waals surface area contributed by atoms with E-state index < -0.39 is 0 Å². The van der Waals surface area contributed by atoms with Gasteiger partial charge in [-0.2, -0.15) is 0 Å². The van der Waals surface area contributed by atoms with Gasteiger partial charge in [0, 0.05) is 117 Å². The molecule has 4 aromatic heterocycles. The quantitative estimate of drug-likeness (QED) is 0.147. The summed E-state index contributed by atoms with van der Waals surface area (Å²) in [5.74, 6) is 0.174. The van der Waals surface area contributed by atoms with Gasteiger partial charge < -0.3 is 34.0 Å². The molecule has 0 saturated carbocycles. The number of benzene rings is 6. The maximum Gasteiger partial charge on any atom is 0.252 e. The lowest BCUT2D eigenvalue weighted by Crippen LogP contribution is -2.18. The Kier molecular flexibility index (Phi) is 6.01. The normalized spacial score (nSPS) is 17.1. The van der Waals surface area contributed by atoms with Crippen molar-refractivity contribution in [3.05, 3.63) is 131 Å². The van der Waals surface area contributed by atoms with Crippen molar-refractivity contribution >= 4 is 99.0 Å². The number of carbonyl (C=O) groups is 2. The van der Waals surface area contributed by atoms with E-state index in [4.69, 9.17) is 0 Å². The largest absolute Gasteiger partial charge is 0.396 e. The molecule has 10 aromatic rings. The van der Waals surface area contributed by atoms with Gasteiger partial charge in [0.2, 0.25) is 0 Å². The highest BCUT2D eigenvalue weighted by Crippen LogP contribution is 2.48. The van der Waals surface area contributed by atoms with Gasteiger partial charge in [-0.1, -0.05) is 79.4 Å². The number of carbonyl (C=O) groups excluding carboxylic acids is 2. The minimum absolute atomic E-state index is 0.0181. The number of nitrogens with zero attached hydrogens (tertiary/aromatic N) is 4. The van der Waals surface area contributed by atoms with Crippen LogP contribution in [0.3, 0.4) is 0 Å². The monoisotopic (exact) mass is 744 g/mol. The fourth-order valence-electron chi connectivity index (χ4n) is 11.1. The van der Waals surface area contributed by atoms with Crippen LogP contribution in [0.5, 0.6) is 0 Å². The van der Waals surface area contributed by atoms with Gasteiger partial charge in [-0.05, 0) is 41.0 Å². The highest BCUT2D eigenvalue weighted by atomic mass is 16.3. The molecule has 0 bridgehead atoms. The minimum atomic E-state index is 0.0181. The number of allylic oxidation sites excluding steroid dienone is 1. The molecule has 0 aliphatic carbocycles. The molecule has 276 valence electrons. The molecule has 6 aromatic carbocycles. The SMILES string of the molecule is C=C1Cn2c3ccccc3c3c4c(c5c6ccccc6n(c5c32)C1)C(=O)NC4.O=C1NCc2c1c1c3ccccc3n3c1c1c2c2ccccc2n1CC(CO)C3. The lowest BCUT2D eigenvalue weighted by atomic mass is 9.97. The molecule has 0 fully saturated rings. The number of fused-ring (bicyclic) bond motifs is 18. The Labute approximate surface area is 325 Å². The van der Waals surface area contributed by atoms with E-state index in [0.717, 1.165) is 81.0 Å². The zero-order chi connectivity index (χ0) is 37.8. The van der Waals surface area contributed by atoms with E-state index in [1.165, 1.54) is 60.2 Å². The Hall–Kier alpha value is -6.84. The first-order chi connectivity index (χ1) is 28.0. The summed E-state index contributed by atoms with van der Waals surface area (Å²) >= 11 is 0. The van der Waals surface area contributed by atoms with E-state index in [1.54, 1.807) is 0 Å². The molecule has 8 heterocycles. The Morgan fingerprint density at radius 2 is 0.877 bits per heavy atom. The molecule has 4 aliphatic rings. The number of rotatable bonds is 1. The first-order valence-electron chi connectivity index (χ1n) is 19.8. The highest BCUT2D eigenvalue weighted by molar-refractivity contribution is 6.32. The molecule has 2 amide bonds. The first kappa shape index (κ1) is 31.4. The van der Waals surface area contributed by atoms with Crippen molar-refractivity contribution in [3.63, 3.8) is 0 Å². The van der Waals surface area contributed by atoms with Gasteiger partial charge in [0.1, 0.15) is 0 Å². The standard InChI is InChI=1S/C24H19N3O2.C24H17N3O/c28-12-13-10-26-17-7-3-1-5-14(17)19-16-9-25-24(29)21(16)20-15-6-2-4-8-18(15)27(11-13)23(20)22(19)26;1-13-11-26-17-8-4-2-6-14(17)19-16-10-25-24(28)21(16)20-15-7-3-5-9-18(15)27(12-13)23(20)22(19)26/h1-8,13,28H,9-12H2,(H,25,29);2-9H,1,10-12H2,(H,25,28). The summed E-state index contributed by atoms with van der Waals surface area (Å²) in [7, 11) is 0. The lowest BCUT2D eigenvalue weighted by Gasteiger charge is -2.15. The van der Waals surface area contributed by atoms with E-state index >= 15 is 0 Å². The van der Waals surface area contributed by atoms with Crippen LogP contribution in [0.1, 0.15) is 31.8 Å². The van der Waals surface area contributed by atoms with Gasteiger partial charge in [-0.3, -0.25) is 9.59 Å². The summed E-state index contributed by atoms with van der Waals surface area (Å²) in [6, 6.07) is 33.8. The second-order valence-corrected chi connectivity index (χ2v) is 16.2. The van der Waals surface area contributed by atoms with Gasteiger partial charge in [0.25, 0.3) is 11.8 Å². The van der Waals surface area contributed by atoms with Crippen LogP contribution in [0.2, 0.25) is 0 Å². The molecule has 0 radical (unpaired) electrons. The molecule has 57 heavy (non-hydrogen) atoms. The fourth-order valence-corrected chi connectivity index (χ4v) is 11.1. The number of aliphatic hydroxyl groups excluding tert-OH is 1. The van der Waals surface area contributed by atoms with Crippen LogP contribution >= 0.6 is 0 Å². The third-order valence-electron chi connectivity index (χ3n) is 13.2. The number of amides is 2. The Balaban J connectivity index is 0.000000119. The smallest absolute Gasteiger partial charge is 0.252 e. The average Bonchev–Trinajstić information content (AvgIpc) is 4.05. The average molecular weight is 745 g/mol. The van der Waals surface area contributed by atoms with E-state index in [-0.39, 0.29) is 24.3 Å². The predicted octanol–water partition coefficient (Wildman–Crippen LogP) is 8.48. The van der Waals surface area contributed by atoms with Gasteiger partial charge in [0.05, 0.1) is 33.2 Å². The van der Waals surface area contributed by atoms with Gasteiger partial charge in [0.15, 0.2) is 0 Å². The number of aliphatic hydroxyl groups is 1. The number of hydrogen-bond acceptors (Lipinski definition) is 3. The van der Waals surface area contributed by atoms with Crippen molar-refractivity contribution < 1.29 is 14.7 Å². The van der Waals surface area contributed by atoms with Crippen molar-refractivity contribution in [1.29, 1.82) is 0 Å². The number of para-hydroxylation sites is 4. The molecule has 1 atom stereocenters. The summed E-state index contributed by atoms with van der Waals surface area (Å²) in [6.07, 6.45) is 0. The van der Waals surface area contributed by atoms with Crippen LogP contribution in [0.25, 0.3) is 87.2 Å². The maximum atomic E-state index is 13.0. The molecule has 0 spiro atoms. The summed E-state index contributed by atoms with van der Waals surface area (Å²) in [5, 5.41) is 25.5. The van der Waals surface area contributed by atoms with Crippen LogP contribution in [-0.2, 0) is 39.3 Å². The number of aromatic nitrogens is 4. The van der Waals surface area contributed by atoms with Crippen LogP contribution < -0.4 is 10.6 Å². The molecule has 14 rings (SSSR count). The Morgan fingerprint density at radius 3 is 1.32 bits per heavy atom. The second-order valence-electron chi connectivity index (χ2n) is 16.2. The maximum absolute atomic E-state index is 13.0. The number of hydrogen-bond donors (Lipinski definition) is 3. The van der Waals surface area contributed by atoms with Gasteiger partial charge >= 0.3 is 0 Å². The van der Waals surface area contributed by atoms with E-state index in [9.17, 15) is 14.7 Å². The Morgan fingerprint density at radius 1 is 0.526 bits per heavy atom. The number of nitrogens with one attached hydrogen (secondary N) is 2. The van der Waals surface area contributed by atoms with Crippen molar-refractivity contribution in [3.8, 4) is 0 Å². The van der Waals surface area contributed by atoms with E-state index in [1.807, 2.05) is 6.07 Å². The summed E-state index contributed by atoms with van der Waals surface area (Å²) in [5.41, 5.74) is 14.5. The molecule has 1 unspecified atom stereocenters. The van der Waals surface area contributed by atoms with Crippen molar-refractivity contribution in [2.24, 2.45) is 5.92 Å². The zero-order valence-electron chi connectivity index (χ0n) is 31.0. The predicted molar refractivity (Wildman–Crippen MR) is 227 cm³/mol. The lowest BCUT2D eigenvalue weighted by molar-refractivity contribution is 0.0959. The van der Waals surface area contributed by atoms with E-state index in [2.05, 4.69) is 126 Å². The second kappa shape index (κ2) is 10.9. The van der Waals surface area contributed by atoms with Gasteiger partial charge in [-0.25, -0.2) is 0 Å².